The van der Waals surface area contributed by atoms with E-state index in [1.54, 1.807) is 7.11 Å². The second-order valence-electron chi connectivity index (χ2n) is 3.76. The lowest BCUT2D eigenvalue weighted by atomic mass is 10.1. The van der Waals surface area contributed by atoms with Gasteiger partial charge in [-0.3, -0.25) is 4.79 Å². The topological polar surface area (TPSA) is 38.3 Å². The molecule has 0 aromatic heterocycles. The van der Waals surface area contributed by atoms with Crippen LogP contribution in [-0.2, 0) is 11.2 Å². The first-order valence-electron chi connectivity index (χ1n) is 5.57. The maximum Gasteiger partial charge on any atom is 0.220 e. The molecule has 1 rings (SSSR count). The first-order chi connectivity index (χ1) is 7.67. The minimum atomic E-state index is 0.107. The molecule has 0 saturated heterocycles. The SMILES string of the molecule is CCNC(=O)CCc1ccc(OC)c(C)c1. The van der Waals surface area contributed by atoms with Gasteiger partial charge in [-0.05, 0) is 37.5 Å². The third-order valence-electron chi connectivity index (χ3n) is 2.47. The van der Waals surface area contributed by atoms with E-state index >= 15 is 0 Å². The minimum absolute atomic E-state index is 0.107. The number of benzene rings is 1. The molecule has 0 spiro atoms. The molecule has 1 N–H and O–H groups in total. The van der Waals surface area contributed by atoms with Crippen molar-refractivity contribution >= 4 is 5.91 Å². The highest BCUT2D eigenvalue weighted by atomic mass is 16.5. The predicted octanol–water partition coefficient (Wildman–Crippen LogP) is 2.07. The van der Waals surface area contributed by atoms with E-state index in [2.05, 4.69) is 11.4 Å². The molecular formula is C13H19NO2. The average Bonchev–Trinajstić information content (AvgIpc) is 2.27. The van der Waals surface area contributed by atoms with Gasteiger partial charge in [0.05, 0.1) is 7.11 Å². The molecule has 88 valence electrons. The largest absolute Gasteiger partial charge is 0.496 e. The van der Waals surface area contributed by atoms with E-state index in [9.17, 15) is 4.79 Å². The maximum atomic E-state index is 11.3. The number of carbonyl (C=O) groups excluding carboxylic acids is 1. The van der Waals surface area contributed by atoms with E-state index in [0.29, 0.717) is 13.0 Å². The summed E-state index contributed by atoms with van der Waals surface area (Å²) in [5.74, 6) is 0.998. The van der Waals surface area contributed by atoms with Gasteiger partial charge in [0, 0.05) is 13.0 Å². The summed E-state index contributed by atoms with van der Waals surface area (Å²) in [6, 6.07) is 6.02. The molecule has 1 amide bonds. The van der Waals surface area contributed by atoms with Crippen molar-refractivity contribution in [3.63, 3.8) is 0 Å². The van der Waals surface area contributed by atoms with Crippen LogP contribution in [0, 0.1) is 6.92 Å². The number of aryl methyl sites for hydroxylation is 2. The predicted molar refractivity (Wildman–Crippen MR) is 64.7 cm³/mol. The Morgan fingerprint density at radius 3 is 2.75 bits per heavy atom. The standard InChI is InChI=1S/C13H19NO2/c1-4-14-13(15)8-6-11-5-7-12(16-3)10(2)9-11/h5,7,9H,4,6,8H2,1-3H3,(H,14,15). The zero-order valence-electron chi connectivity index (χ0n) is 10.2. The second-order valence-corrected chi connectivity index (χ2v) is 3.76. The summed E-state index contributed by atoms with van der Waals surface area (Å²) >= 11 is 0. The van der Waals surface area contributed by atoms with E-state index in [-0.39, 0.29) is 5.91 Å². The third kappa shape index (κ3) is 3.57. The second kappa shape index (κ2) is 6.16. The normalized spacial score (nSPS) is 9.94. The summed E-state index contributed by atoms with van der Waals surface area (Å²) in [6.07, 6.45) is 1.32. The molecule has 0 unspecified atom stereocenters. The van der Waals surface area contributed by atoms with Gasteiger partial charge >= 0.3 is 0 Å². The van der Waals surface area contributed by atoms with E-state index in [0.717, 1.165) is 17.7 Å². The van der Waals surface area contributed by atoms with Gasteiger partial charge in [-0.25, -0.2) is 0 Å². The van der Waals surface area contributed by atoms with Gasteiger partial charge in [-0.15, -0.1) is 0 Å². The summed E-state index contributed by atoms with van der Waals surface area (Å²) in [5.41, 5.74) is 2.28. The smallest absolute Gasteiger partial charge is 0.220 e. The molecule has 3 nitrogen and oxygen atoms in total. The fourth-order valence-electron chi connectivity index (χ4n) is 1.64. The zero-order valence-corrected chi connectivity index (χ0v) is 10.2. The van der Waals surface area contributed by atoms with Crippen LogP contribution in [0.25, 0.3) is 0 Å². The van der Waals surface area contributed by atoms with E-state index in [1.165, 1.54) is 5.56 Å². The zero-order chi connectivity index (χ0) is 12.0. The fourth-order valence-corrected chi connectivity index (χ4v) is 1.64. The highest BCUT2D eigenvalue weighted by molar-refractivity contribution is 5.76. The van der Waals surface area contributed by atoms with Gasteiger partial charge in [0.25, 0.3) is 0 Å². The lowest BCUT2D eigenvalue weighted by molar-refractivity contribution is -0.120. The van der Waals surface area contributed by atoms with Crippen LogP contribution in [0.1, 0.15) is 24.5 Å². The Hall–Kier alpha value is -1.51. The van der Waals surface area contributed by atoms with Gasteiger partial charge in [-0.2, -0.15) is 0 Å². The minimum Gasteiger partial charge on any atom is -0.496 e. The molecule has 0 fully saturated rings. The van der Waals surface area contributed by atoms with Crippen LogP contribution in [0.2, 0.25) is 0 Å². The van der Waals surface area contributed by atoms with E-state index < -0.39 is 0 Å². The van der Waals surface area contributed by atoms with Crippen LogP contribution >= 0.6 is 0 Å². The molecule has 3 heteroatoms. The number of nitrogens with one attached hydrogen (secondary N) is 1. The number of hydrogen-bond donors (Lipinski definition) is 1. The lowest BCUT2D eigenvalue weighted by Gasteiger charge is -2.07. The molecule has 0 aliphatic heterocycles. The summed E-state index contributed by atoms with van der Waals surface area (Å²) in [4.78, 5) is 11.3. The molecule has 0 heterocycles. The van der Waals surface area contributed by atoms with Crippen molar-refractivity contribution in [3.05, 3.63) is 29.3 Å². The summed E-state index contributed by atoms with van der Waals surface area (Å²) < 4.78 is 5.18. The van der Waals surface area contributed by atoms with Gasteiger partial charge in [-0.1, -0.05) is 12.1 Å². The van der Waals surface area contributed by atoms with Gasteiger partial charge in [0.15, 0.2) is 0 Å². The molecule has 1 aromatic rings. The molecule has 1 aromatic carbocycles. The van der Waals surface area contributed by atoms with Crippen molar-refractivity contribution < 1.29 is 9.53 Å². The Kier molecular flexibility index (Phi) is 4.83. The van der Waals surface area contributed by atoms with Gasteiger partial charge < -0.3 is 10.1 Å². The average molecular weight is 221 g/mol. The Morgan fingerprint density at radius 1 is 1.44 bits per heavy atom. The van der Waals surface area contributed by atoms with Crippen molar-refractivity contribution in [2.24, 2.45) is 0 Å². The van der Waals surface area contributed by atoms with Crippen LogP contribution in [0.4, 0.5) is 0 Å². The molecule has 0 aliphatic carbocycles. The monoisotopic (exact) mass is 221 g/mol. The number of carbonyl (C=O) groups is 1. The highest BCUT2D eigenvalue weighted by Gasteiger charge is 2.03. The maximum absolute atomic E-state index is 11.3. The van der Waals surface area contributed by atoms with E-state index in [1.807, 2.05) is 26.0 Å². The quantitative estimate of drug-likeness (QED) is 0.826. The molecule has 0 saturated carbocycles. The molecule has 0 aliphatic rings. The van der Waals surface area contributed by atoms with Crippen LogP contribution in [0.3, 0.4) is 0 Å². The Labute approximate surface area is 96.8 Å². The summed E-state index contributed by atoms with van der Waals surface area (Å²) in [6.45, 7) is 4.63. The fraction of sp³-hybridized carbons (Fsp3) is 0.462. The van der Waals surface area contributed by atoms with Gasteiger partial charge in [0.2, 0.25) is 5.91 Å². The Morgan fingerprint density at radius 2 is 2.19 bits per heavy atom. The number of methoxy groups -OCH3 is 1. The van der Waals surface area contributed by atoms with Crippen molar-refractivity contribution in [1.29, 1.82) is 0 Å². The van der Waals surface area contributed by atoms with Crippen LogP contribution in [-0.4, -0.2) is 19.6 Å². The Balaban J connectivity index is 2.55. The Bertz CT molecular complexity index is 361. The first kappa shape index (κ1) is 12.6. The number of rotatable bonds is 5. The van der Waals surface area contributed by atoms with Crippen molar-refractivity contribution in [1.82, 2.24) is 5.32 Å². The van der Waals surface area contributed by atoms with Crippen molar-refractivity contribution in [3.8, 4) is 5.75 Å². The molecule has 0 atom stereocenters. The summed E-state index contributed by atoms with van der Waals surface area (Å²) in [5, 5.41) is 2.79. The van der Waals surface area contributed by atoms with E-state index in [4.69, 9.17) is 4.74 Å². The van der Waals surface area contributed by atoms with Crippen LogP contribution in [0.5, 0.6) is 5.75 Å². The van der Waals surface area contributed by atoms with Crippen LogP contribution < -0.4 is 10.1 Å². The third-order valence-corrected chi connectivity index (χ3v) is 2.47. The molecule has 0 radical (unpaired) electrons. The first-order valence-corrected chi connectivity index (χ1v) is 5.57. The molecular weight excluding hydrogens is 202 g/mol. The lowest BCUT2D eigenvalue weighted by Crippen LogP contribution is -2.22. The number of hydrogen-bond acceptors (Lipinski definition) is 2. The van der Waals surface area contributed by atoms with Crippen LogP contribution in [0.15, 0.2) is 18.2 Å². The van der Waals surface area contributed by atoms with Crippen molar-refractivity contribution in [2.75, 3.05) is 13.7 Å². The van der Waals surface area contributed by atoms with Crippen molar-refractivity contribution in [2.45, 2.75) is 26.7 Å². The molecule has 16 heavy (non-hydrogen) atoms. The van der Waals surface area contributed by atoms with Gasteiger partial charge in [0.1, 0.15) is 5.75 Å². The number of ether oxygens (including phenoxy) is 1. The number of amides is 1. The summed E-state index contributed by atoms with van der Waals surface area (Å²) in [7, 11) is 1.66. The highest BCUT2D eigenvalue weighted by Crippen LogP contribution is 2.19. The molecule has 0 bridgehead atoms.